The molecule has 4 heteroatoms. The zero-order valence-electron chi connectivity index (χ0n) is 12.9. The summed E-state index contributed by atoms with van der Waals surface area (Å²) < 4.78 is 12.7. The molecule has 0 N–H and O–H groups in total. The van der Waals surface area contributed by atoms with Crippen LogP contribution in [0.2, 0.25) is 0 Å². The number of hydrogen-bond acceptors (Lipinski definition) is 2. The summed E-state index contributed by atoms with van der Waals surface area (Å²) in [7, 11) is -0.178. The maximum Gasteiger partial charge on any atom is 0.476 e. The van der Waals surface area contributed by atoms with Crippen molar-refractivity contribution in [2.24, 2.45) is 23.2 Å². The summed E-state index contributed by atoms with van der Waals surface area (Å²) in [4.78, 5) is 0. The molecule has 0 aromatic rings. The summed E-state index contributed by atoms with van der Waals surface area (Å²) in [6.45, 7) is 7.07. The topological polar surface area (TPSA) is 18.5 Å². The van der Waals surface area contributed by atoms with Gasteiger partial charge >= 0.3 is 7.12 Å². The molecule has 1 heterocycles. The Balaban J connectivity index is 1.46. The van der Waals surface area contributed by atoms with Crippen LogP contribution in [0.5, 0.6) is 0 Å². The van der Waals surface area contributed by atoms with Crippen LogP contribution in [0.3, 0.4) is 0 Å². The molecular formula is C16H26BClO2. The lowest BCUT2D eigenvalue weighted by Crippen LogP contribution is -2.65. The molecule has 1 unspecified atom stereocenters. The van der Waals surface area contributed by atoms with Crippen molar-refractivity contribution in [3.63, 3.8) is 0 Å². The Hall–Kier alpha value is 0.275. The van der Waals surface area contributed by atoms with E-state index in [1.807, 2.05) is 0 Å². The molecule has 1 saturated heterocycles. The van der Waals surface area contributed by atoms with Crippen molar-refractivity contribution in [2.75, 3.05) is 0 Å². The van der Waals surface area contributed by atoms with Crippen LogP contribution < -0.4 is 0 Å². The Morgan fingerprint density at radius 3 is 2.60 bits per heavy atom. The Kier molecular flexibility index (Phi) is 3.06. The largest absolute Gasteiger partial charge is 0.476 e. The van der Waals surface area contributed by atoms with Gasteiger partial charge in [-0.2, -0.15) is 0 Å². The highest BCUT2D eigenvalue weighted by Gasteiger charge is 2.68. The van der Waals surface area contributed by atoms with E-state index in [-0.39, 0.29) is 24.1 Å². The second-order valence-corrected chi connectivity index (χ2v) is 8.95. The van der Waals surface area contributed by atoms with Gasteiger partial charge in [0.15, 0.2) is 0 Å². The van der Waals surface area contributed by atoms with E-state index in [9.17, 15) is 0 Å². The highest BCUT2D eigenvalue weighted by atomic mass is 35.5. The van der Waals surface area contributed by atoms with Gasteiger partial charge < -0.3 is 9.31 Å². The zero-order chi connectivity index (χ0) is 14.1. The van der Waals surface area contributed by atoms with Gasteiger partial charge in [0.1, 0.15) is 0 Å². The second-order valence-electron chi connectivity index (χ2n) is 8.39. The van der Waals surface area contributed by atoms with E-state index in [1.54, 1.807) is 0 Å². The Labute approximate surface area is 128 Å². The number of rotatable bonds is 3. The van der Waals surface area contributed by atoms with Crippen molar-refractivity contribution < 1.29 is 9.31 Å². The summed E-state index contributed by atoms with van der Waals surface area (Å²) in [6, 6.07) is 0. The molecule has 4 saturated carbocycles. The van der Waals surface area contributed by atoms with Crippen LogP contribution in [0.4, 0.5) is 0 Å². The molecule has 0 spiro atoms. The minimum atomic E-state index is -0.178. The van der Waals surface area contributed by atoms with Gasteiger partial charge in [-0.3, -0.25) is 0 Å². The molecule has 5 atom stereocenters. The molecule has 5 aliphatic rings. The molecule has 5 rings (SSSR count). The average molecular weight is 297 g/mol. The van der Waals surface area contributed by atoms with Gasteiger partial charge in [-0.15, -0.1) is 11.6 Å². The number of hydrogen-bond donors (Lipinski definition) is 0. The molecule has 0 aromatic carbocycles. The maximum atomic E-state index is 6.60. The molecule has 2 bridgehead atoms. The smallest absolute Gasteiger partial charge is 0.404 e. The summed E-state index contributed by atoms with van der Waals surface area (Å²) in [5, 5.41) is 0.0306. The molecule has 0 radical (unpaired) electrons. The van der Waals surface area contributed by atoms with Gasteiger partial charge in [0, 0.05) is 0 Å². The van der Waals surface area contributed by atoms with Crippen molar-refractivity contribution in [3.05, 3.63) is 0 Å². The van der Waals surface area contributed by atoms with Gasteiger partial charge in [-0.1, -0.05) is 33.1 Å². The van der Waals surface area contributed by atoms with Crippen LogP contribution in [-0.4, -0.2) is 24.1 Å². The number of alkyl halides is 1. The first-order valence-electron chi connectivity index (χ1n) is 8.38. The molecule has 1 aliphatic heterocycles. The lowest BCUT2D eigenvalue weighted by molar-refractivity contribution is -0.199. The lowest BCUT2D eigenvalue weighted by atomic mass is 9.43. The quantitative estimate of drug-likeness (QED) is 0.578. The molecule has 112 valence electrons. The monoisotopic (exact) mass is 296 g/mol. The first kappa shape index (κ1) is 13.9. The summed E-state index contributed by atoms with van der Waals surface area (Å²) >= 11 is 6.60. The summed E-state index contributed by atoms with van der Waals surface area (Å²) in [6.07, 6.45) is 7.86. The van der Waals surface area contributed by atoms with Crippen LogP contribution >= 0.6 is 11.6 Å². The van der Waals surface area contributed by atoms with E-state index >= 15 is 0 Å². The fourth-order valence-corrected chi connectivity index (χ4v) is 5.57. The SMILES string of the molecule is CC1(C)[C@H]2CC3OB([C@H](Cl)CC4CCC4)O[C@@]3(C)[C@@H]1C2. The van der Waals surface area contributed by atoms with E-state index < -0.39 is 0 Å². The molecule has 0 amide bonds. The average Bonchev–Trinajstić information content (AvgIpc) is 2.70. The molecular weight excluding hydrogens is 270 g/mol. The van der Waals surface area contributed by atoms with Crippen LogP contribution in [0, 0.1) is 23.2 Å². The van der Waals surface area contributed by atoms with Crippen molar-refractivity contribution in [1.82, 2.24) is 0 Å². The van der Waals surface area contributed by atoms with Gasteiger partial charge in [0.25, 0.3) is 0 Å². The third-order valence-corrected chi connectivity index (χ3v) is 7.43. The standard InChI is InChI=1S/C16H26BClO2/c1-15(2)11-8-12(15)16(3)13(9-11)19-17(20-16)14(18)7-10-5-4-6-10/h10-14H,4-9H2,1-3H3/t11-,12-,13?,14-,16+/m1/s1. The van der Waals surface area contributed by atoms with E-state index in [2.05, 4.69) is 20.8 Å². The summed E-state index contributed by atoms with van der Waals surface area (Å²) in [5.74, 6) is 2.26. The Morgan fingerprint density at radius 2 is 2.00 bits per heavy atom. The highest BCUT2D eigenvalue weighted by Crippen LogP contribution is 2.65. The van der Waals surface area contributed by atoms with Gasteiger partial charge in [0.2, 0.25) is 0 Å². The summed E-state index contributed by atoms with van der Waals surface area (Å²) in [5.41, 5.74) is 0.314. The minimum Gasteiger partial charge on any atom is -0.404 e. The Morgan fingerprint density at radius 1 is 1.25 bits per heavy atom. The minimum absolute atomic E-state index is 0.0306. The molecule has 0 aromatic heterocycles. The van der Waals surface area contributed by atoms with Crippen molar-refractivity contribution in [1.29, 1.82) is 0 Å². The van der Waals surface area contributed by atoms with Gasteiger partial charge in [-0.25, -0.2) is 0 Å². The van der Waals surface area contributed by atoms with Crippen LogP contribution in [-0.2, 0) is 9.31 Å². The van der Waals surface area contributed by atoms with E-state index in [1.165, 1.54) is 25.7 Å². The first-order valence-corrected chi connectivity index (χ1v) is 8.82. The van der Waals surface area contributed by atoms with Crippen molar-refractivity contribution >= 4 is 18.7 Å². The second kappa shape index (κ2) is 4.39. The number of halogens is 1. The molecule has 2 nitrogen and oxygen atoms in total. The third-order valence-electron chi connectivity index (χ3n) is 7.05. The van der Waals surface area contributed by atoms with Gasteiger partial charge in [-0.05, 0) is 49.4 Å². The zero-order valence-corrected chi connectivity index (χ0v) is 13.7. The molecule has 20 heavy (non-hydrogen) atoms. The molecule has 4 aliphatic carbocycles. The van der Waals surface area contributed by atoms with Crippen LogP contribution in [0.1, 0.15) is 59.3 Å². The van der Waals surface area contributed by atoms with Crippen LogP contribution in [0.15, 0.2) is 0 Å². The fraction of sp³-hybridized carbons (Fsp3) is 1.00. The van der Waals surface area contributed by atoms with Gasteiger partial charge in [0.05, 0.1) is 17.0 Å². The normalized spacial score (nSPS) is 47.4. The maximum absolute atomic E-state index is 6.60. The van der Waals surface area contributed by atoms with E-state index in [0.29, 0.717) is 11.3 Å². The third kappa shape index (κ3) is 1.78. The lowest BCUT2D eigenvalue weighted by Gasteiger charge is -2.64. The van der Waals surface area contributed by atoms with Crippen molar-refractivity contribution in [3.8, 4) is 0 Å². The Bertz CT molecular complexity index is 411. The van der Waals surface area contributed by atoms with E-state index in [0.717, 1.165) is 24.7 Å². The highest BCUT2D eigenvalue weighted by molar-refractivity contribution is 6.59. The fourth-order valence-electron chi connectivity index (χ4n) is 5.21. The van der Waals surface area contributed by atoms with Crippen LogP contribution in [0.25, 0.3) is 0 Å². The predicted molar refractivity (Wildman–Crippen MR) is 81.7 cm³/mol. The van der Waals surface area contributed by atoms with Crippen molar-refractivity contribution in [2.45, 2.75) is 76.3 Å². The molecule has 5 fully saturated rings. The first-order chi connectivity index (χ1) is 9.41. The van der Waals surface area contributed by atoms with E-state index in [4.69, 9.17) is 20.9 Å². The predicted octanol–water partition coefficient (Wildman–Crippen LogP) is 4.05.